The minimum Gasteiger partial charge on any atom is -0.508 e. The molecule has 0 radical (unpaired) electrons. The molecule has 236 valence electrons. The zero-order chi connectivity index (χ0) is 30.7. The number of hydrogen-bond acceptors (Lipinski definition) is 9. The number of nitrogens with one attached hydrogen (secondary N) is 1. The van der Waals surface area contributed by atoms with E-state index in [1.807, 2.05) is 18.7 Å². The van der Waals surface area contributed by atoms with Gasteiger partial charge in [-0.05, 0) is 66.6 Å². The van der Waals surface area contributed by atoms with Gasteiger partial charge in [-0.15, -0.1) is 0 Å². The summed E-state index contributed by atoms with van der Waals surface area (Å²) in [5.41, 5.74) is 1.00. The fraction of sp³-hybridized carbons (Fsp3) is 0.500. The average molecular weight is 633 g/mol. The second kappa shape index (κ2) is 11.5. The standard InChI is InChI=1S/C34H38F2N6O2S/c1-2-24-27(35)6-3-20-13-23(43)14-25(28(20)24)30-29(36)31-26(15-37-30)32(42-16-21-4-5-22(17-42)38-21)40-33(39-31)44-19-34(7-8-34)18-41-9-11-45-12-10-41/h3,6,13-15,21-22,38,43H,2,4-5,7-12,16-19H2,1H3/t21-,22+. The van der Waals surface area contributed by atoms with Gasteiger partial charge in [-0.25, -0.2) is 8.78 Å². The zero-order valence-corrected chi connectivity index (χ0v) is 26.3. The van der Waals surface area contributed by atoms with Gasteiger partial charge in [0.1, 0.15) is 28.6 Å². The van der Waals surface area contributed by atoms with Crippen molar-refractivity contribution in [2.75, 3.05) is 55.7 Å². The molecular weight excluding hydrogens is 594 g/mol. The van der Waals surface area contributed by atoms with Crippen LogP contribution in [0.25, 0.3) is 32.9 Å². The molecule has 45 heavy (non-hydrogen) atoms. The first-order chi connectivity index (χ1) is 21.9. The van der Waals surface area contributed by atoms with Crippen molar-refractivity contribution in [2.45, 2.75) is 51.1 Å². The lowest BCUT2D eigenvalue weighted by Gasteiger charge is -2.34. The second-order valence-electron chi connectivity index (χ2n) is 13.2. The summed E-state index contributed by atoms with van der Waals surface area (Å²) in [6.45, 7) is 7.07. The number of piperazine rings is 1. The molecule has 4 aliphatic rings. The van der Waals surface area contributed by atoms with Crippen LogP contribution in [0, 0.1) is 17.0 Å². The van der Waals surface area contributed by atoms with Gasteiger partial charge in [-0.2, -0.15) is 21.7 Å². The summed E-state index contributed by atoms with van der Waals surface area (Å²) in [7, 11) is 0. The molecule has 4 aromatic rings. The Hall–Kier alpha value is -3.28. The Morgan fingerprint density at radius 1 is 1.09 bits per heavy atom. The number of anilines is 1. The molecule has 3 aliphatic heterocycles. The lowest BCUT2D eigenvalue weighted by Crippen LogP contribution is -2.51. The molecule has 2 atom stereocenters. The summed E-state index contributed by atoms with van der Waals surface area (Å²) in [6.07, 6.45) is 6.42. The van der Waals surface area contributed by atoms with Crippen molar-refractivity contribution in [3.8, 4) is 23.0 Å². The van der Waals surface area contributed by atoms with Gasteiger partial charge < -0.3 is 25.0 Å². The molecule has 2 bridgehead atoms. The summed E-state index contributed by atoms with van der Waals surface area (Å²) in [4.78, 5) is 18.9. The van der Waals surface area contributed by atoms with Gasteiger partial charge in [-0.1, -0.05) is 13.0 Å². The number of phenolic OH excluding ortho intramolecular Hbond substituents is 1. The highest BCUT2D eigenvalue weighted by molar-refractivity contribution is 7.99. The van der Waals surface area contributed by atoms with E-state index in [0.29, 0.717) is 58.2 Å². The van der Waals surface area contributed by atoms with Crippen molar-refractivity contribution < 1.29 is 18.6 Å². The van der Waals surface area contributed by atoms with Crippen molar-refractivity contribution in [2.24, 2.45) is 5.41 Å². The number of aryl methyl sites for hydroxylation is 1. The Balaban J connectivity index is 1.22. The molecule has 2 aromatic carbocycles. The molecular formula is C34H38F2N6O2S. The van der Waals surface area contributed by atoms with Crippen LogP contribution in [0.4, 0.5) is 14.6 Å². The predicted molar refractivity (Wildman–Crippen MR) is 174 cm³/mol. The normalized spacial score (nSPS) is 22.8. The summed E-state index contributed by atoms with van der Waals surface area (Å²) in [5, 5.41) is 15.9. The first-order valence-electron chi connectivity index (χ1n) is 16.1. The molecule has 11 heteroatoms. The SMILES string of the molecule is CCc1c(F)ccc2cc(O)cc(-c3ncc4c(N5C[C@H]6CC[C@@H](C5)N6)nc(OCC5(CN6CCSCC6)CC5)nc4c3F)c12. The molecule has 5 heterocycles. The highest BCUT2D eigenvalue weighted by Crippen LogP contribution is 2.47. The molecule has 0 unspecified atom stereocenters. The molecule has 8 rings (SSSR count). The van der Waals surface area contributed by atoms with E-state index < -0.39 is 5.82 Å². The maximum atomic E-state index is 16.8. The number of ether oxygens (including phenoxy) is 1. The molecule has 4 fully saturated rings. The lowest BCUT2D eigenvalue weighted by atomic mass is 9.94. The first-order valence-corrected chi connectivity index (χ1v) is 17.3. The molecule has 2 aromatic heterocycles. The third kappa shape index (κ3) is 5.46. The van der Waals surface area contributed by atoms with Crippen molar-refractivity contribution in [3.05, 3.63) is 47.7 Å². The van der Waals surface area contributed by atoms with Crippen LogP contribution in [0.2, 0.25) is 0 Å². The number of halogens is 2. The van der Waals surface area contributed by atoms with Crippen molar-refractivity contribution in [1.29, 1.82) is 0 Å². The Morgan fingerprint density at radius 2 is 1.87 bits per heavy atom. The Morgan fingerprint density at radius 3 is 2.60 bits per heavy atom. The molecule has 0 spiro atoms. The largest absolute Gasteiger partial charge is 0.508 e. The average Bonchev–Trinajstić information content (AvgIpc) is 3.73. The number of pyridine rings is 1. The van der Waals surface area contributed by atoms with Crippen LogP contribution in [0.1, 0.15) is 38.2 Å². The molecule has 3 saturated heterocycles. The first kappa shape index (κ1) is 29.1. The van der Waals surface area contributed by atoms with E-state index in [-0.39, 0.29) is 34.2 Å². The van der Waals surface area contributed by atoms with Gasteiger partial charge in [0.15, 0.2) is 5.82 Å². The quantitative estimate of drug-likeness (QED) is 0.260. The van der Waals surface area contributed by atoms with Gasteiger partial charge in [0.2, 0.25) is 0 Å². The Bertz CT molecular complexity index is 1770. The fourth-order valence-electron chi connectivity index (χ4n) is 7.49. The van der Waals surface area contributed by atoms with Gasteiger partial charge in [-0.3, -0.25) is 4.98 Å². The van der Waals surface area contributed by atoms with Gasteiger partial charge in [0.25, 0.3) is 0 Å². The number of hydrogen-bond donors (Lipinski definition) is 2. The fourth-order valence-corrected chi connectivity index (χ4v) is 8.47. The number of fused-ring (bicyclic) bond motifs is 4. The summed E-state index contributed by atoms with van der Waals surface area (Å²) in [5.74, 6) is 1.91. The minimum atomic E-state index is -0.635. The van der Waals surface area contributed by atoms with E-state index in [1.165, 1.54) is 12.1 Å². The van der Waals surface area contributed by atoms with Crippen molar-refractivity contribution in [3.63, 3.8) is 0 Å². The molecule has 0 amide bonds. The maximum Gasteiger partial charge on any atom is 0.319 e. The molecule has 1 saturated carbocycles. The van der Waals surface area contributed by atoms with Crippen molar-refractivity contribution in [1.82, 2.24) is 25.2 Å². The predicted octanol–water partition coefficient (Wildman–Crippen LogP) is 5.54. The number of rotatable bonds is 8. The maximum absolute atomic E-state index is 16.8. The van der Waals surface area contributed by atoms with E-state index >= 15 is 4.39 Å². The molecule has 8 nitrogen and oxygen atoms in total. The van der Waals surface area contributed by atoms with E-state index in [2.05, 4.69) is 25.1 Å². The lowest BCUT2D eigenvalue weighted by molar-refractivity contribution is 0.161. The smallest absolute Gasteiger partial charge is 0.319 e. The van der Waals surface area contributed by atoms with E-state index in [4.69, 9.17) is 9.72 Å². The highest BCUT2D eigenvalue weighted by atomic mass is 32.2. The van der Waals surface area contributed by atoms with Crippen LogP contribution < -0.4 is 15.0 Å². The number of benzene rings is 2. The molecule has 1 aliphatic carbocycles. The van der Waals surface area contributed by atoms with E-state index in [0.717, 1.165) is 69.9 Å². The summed E-state index contributed by atoms with van der Waals surface area (Å²) >= 11 is 2.01. The van der Waals surface area contributed by atoms with Crippen molar-refractivity contribution >= 4 is 39.3 Å². The number of nitrogens with zero attached hydrogens (tertiary/aromatic N) is 5. The Kier molecular flexibility index (Phi) is 7.45. The summed E-state index contributed by atoms with van der Waals surface area (Å²) in [6, 6.07) is 6.89. The van der Waals surface area contributed by atoms with Crippen LogP contribution in [0.15, 0.2) is 30.5 Å². The third-order valence-electron chi connectivity index (χ3n) is 10.0. The number of aromatic nitrogens is 3. The monoisotopic (exact) mass is 632 g/mol. The van der Waals surface area contributed by atoms with E-state index in [9.17, 15) is 9.50 Å². The second-order valence-corrected chi connectivity index (χ2v) is 14.4. The van der Waals surface area contributed by atoms with Crippen LogP contribution in [-0.2, 0) is 6.42 Å². The van der Waals surface area contributed by atoms with Gasteiger partial charge >= 0.3 is 6.01 Å². The third-order valence-corrected chi connectivity index (χ3v) is 11.0. The number of aromatic hydroxyl groups is 1. The zero-order valence-electron chi connectivity index (χ0n) is 25.5. The number of thioether (sulfide) groups is 1. The van der Waals surface area contributed by atoms with Crippen LogP contribution in [0.5, 0.6) is 11.8 Å². The van der Waals surface area contributed by atoms with Crippen LogP contribution in [-0.4, -0.2) is 87.9 Å². The van der Waals surface area contributed by atoms with Gasteiger partial charge in [0.05, 0.1) is 12.0 Å². The number of phenols is 1. The highest BCUT2D eigenvalue weighted by Gasteiger charge is 2.45. The van der Waals surface area contributed by atoms with Crippen LogP contribution >= 0.6 is 11.8 Å². The Labute approximate surface area is 265 Å². The minimum absolute atomic E-state index is 0.0151. The van der Waals surface area contributed by atoms with Gasteiger partial charge in [0, 0.05) is 73.5 Å². The topological polar surface area (TPSA) is 86.6 Å². The van der Waals surface area contributed by atoms with E-state index in [1.54, 1.807) is 18.3 Å². The summed E-state index contributed by atoms with van der Waals surface area (Å²) < 4.78 is 38.1. The van der Waals surface area contributed by atoms with Crippen LogP contribution in [0.3, 0.4) is 0 Å². The molecule has 2 N–H and O–H groups in total.